The maximum Gasteiger partial charge on any atom is 0.255 e. The Morgan fingerprint density at radius 1 is 1.07 bits per heavy atom. The summed E-state index contributed by atoms with van der Waals surface area (Å²) < 4.78 is 0. The lowest BCUT2D eigenvalue weighted by Crippen LogP contribution is -2.46. The van der Waals surface area contributed by atoms with Crippen LogP contribution < -0.4 is 10.6 Å². The maximum absolute atomic E-state index is 12.8. The van der Waals surface area contributed by atoms with E-state index in [1.54, 1.807) is 59.5 Å². The van der Waals surface area contributed by atoms with E-state index in [-0.39, 0.29) is 17.7 Å². The molecule has 29 heavy (non-hydrogen) atoms. The molecule has 3 rings (SSSR count). The fourth-order valence-corrected chi connectivity index (χ4v) is 3.37. The van der Waals surface area contributed by atoms with Crippen molar-refractivity contribution in [2.45, 2.75) is 18.9 Å². The van der Waals surface area contributed by atoms with Crippen molar-refractivity contribution >= 4 is 35.0 Å². The molecule has 2 N–H and O–H groups in total. The predicted molar refractivity (Wildman–Crippen MR) is 113 cm³/mol. The molecule has 0 saturated carbocycles. The minimum atomic E-state index is -0.466. The van der Waals surface area contributed by atoms with Crippen molar-refractivity contribution in [1.29, 1.82) is 0 Å². The Bertz CT molecular complexity index is 910. The first-order chi connectivity index (χ1) is 14.0. The summed E-state index contributed by atoms with van der Waals surface area (Å²) >= 11 is 5.84. The quantitative estimate of drug-likeness (QED) is 0.714. The number of nitrogens with one attached hydrogen (secondary N) is 2. The number of carbonyl (C=O) groups excluding carboxylic acids is 3. The highest BCUT2D eigenvalue weighted by atomic mass is 35.5. The van der Waals surface area contributed by atoms with Gasteiger partial charge < -0.3 is 15.5 Å². The lowest BCUT2D eigenvalue weighted by molar-refractivity contribution is -0.124. The number of benzene rings is 2. The monoisotopic (exact) mass is 411 g/mol. The van der Waals surface area contributed by atoms with Crippen molar-refractivity contribution in [2.24, 2.45) is 0 Å². The summed E-state index contributed by atoms with van der Waals surface area (Å²) in [5.41, 5.74) is 1.53. The molecule has 1 aliphatic rings. The molecule has 6 nitrogen and oxygen atoms in total. The third-order valence-electron chi connectivity index (χ3n) is 4.73. The van der Waals surface area contributed by atoms with Crippen molar-refractivity contribution in [1.82, 2.24) is 10.2 Å². The van der Waals surface area contributed by atoms with Crippen molar-refractivity contribution in [2.75, 3.05) is 18.4 Å². The van der Waals surface area contributed by atoms with Crippen LogP contribution in [0.15, 0.2) is 61.2 Å². The third-order valence-corrected chi connectivity index (χ3v) is 4.99. The zero-order valence-corrected chi connectivity index (χ0v) is 16.6. The topological polar surface area (TPSA) is 78.5 Å². The number of hydrogen-bond acceptors (Lipinski definition) is 3. The van der Waals surface area contributed by atoms with Gasteiger partial charge in [0.1, 0.15) is 6.04 Å². The molecule has 1 saturated heterocycles. The molecule has 1 aliphatic heterocycles. The molecular formula is C22H22ClN3O3. The van der Waals surface area contributed by atoms with Gasteiger partial charge in [0.25, 0.3) is 11.8 Å². The van der Waals surface area contributed by atoms with Gasteiger partial charge in [-0.15, -0.1) is 6.58 Å². The molecule has 2 aromatic carbocycles. The molecule has 1 heterocycles. The predicted octanol–water partition coefficient (Wildman–Crippen LogP) is 3.50. The van der Waals surface area contributed by atoms with Gasteiger partial charge in [-0.25, -0.2) is 0 Å². The van der Waals surface area contributed by atoms with E-state index in [4.69, 9.17) is 11.6 Å². The van der Waals surface area contributed by atoms with Gasteiger partial charge >= 0.3 is 0 Å². The third kappa shape index (κ3) is 5.03. The molecule has 0 bridgehead atoms. The largest absolute Gasteiger partial charge is 0.351 e. The second kappa shape index (κ2) is 9.39. The van der Waals surface area contributed by atoms with Crippen molar-refractivity contribution in [3.05, 3.63) is 77.3 Å². The average Bonchev–Trinajstić information content (AvgIpc) is 3.22. The number of carbonyl (C=O) groups is 3. The van der Waals surface area contributed by atoms with E-state index in [0.717, 1.165) is 6.42 Å². The lowest BCUT2D eigenvalue weighted by Gasteiger charge is -2.24. The number of hydrogen-bond donors (Lipinski definition) is 2. The highest BCUT2D eigenvalue weighted by molar-refractivity contribution is 6.30. The van der Waals surface area contributed by atoms with Gasteiger partial charge in [-0.3, -0.25) is 14.4 Å². The molecule has 150 valence electrons. The van der Waals surface area contributed by atoms with Crippen LogP contribution in [0.4, 0.5) is 5.69 Å². The van der Waals surface area contributed by atoms with Gasteiger partial charge in [-0.05, 0) is 61.4 Å². The summed E-state index contributed by atoms with van der Waals surface area (Å²) in [7, 11) is 0. The molecule has 1 fully saturated rings. The normalized spacial score (nSPS) is 15.6. The minimum absolute atomic E-state index is 0.164. The number of nitrogens with zero attached hydrogens (tertiary/aromatic N) is 1. The number of anilines is 1. The van der Waals surface area contributed by atoms with Gasteiger partial charge in [0.15, 0.2) is 0 Å². The molecule has 0 aromatic heterocycles. The van der Waals surface area contributed by atoms with E-state index >= 15 is 0 Å². The fourth-order valence-electron chi connectivity index (χ4n) is 3.24. The standard InChI is InChI=1S/C22H22ClN3O3/c1-2-13-24-21(28)19-4-3-14-26(19)22(29)16-7-11-18(12-8-16)25-20(27)15-5-9-17(23)10-6-15/h2,5-12,19H,1,3-4,13-14H2,(H,24,28)(H,25,27)/t19-/m1/s1. The second-order valence-electron chi connectivity index (χ2n) is 6.73. The minimum Gasteiger partial charge on any atom is -0.351 e. The number of rotatable bonds is 6. The van der Waals surface area contributed by atoms with Crippen LogP contribution in [0.1, 0.15) is 33.6 Å². The molecule has 7 heteroatoms. The van der Waals surface area contributed by atoms with Crippen LogP contribution in [-0.2, 0) is 4.79 Å². The molecular weight excluding hydrogens is 390 g/mol. The summed E-state index contributed by atoms with van der Waals surface area (Å²) in [5, 5.41) is 6.09. The Kier molecular flexibility index (Phi) is 6.67. The van der Waals surface area contributed by atoms with Gasteiger partial charge in [-0.1, -0.05) is 17.7 Å². The Balaban J connectivity index is 1.65. The maximum atomic E-state index is 12.8. The van der Waals surface area contributed by atoms with E-state index in [1.165, 1.54) is 0 Å². The molecule has 0 radical (unpaired) electrons. The molecule has 0 aliphatic carbocycles. The Morgan fingerprint density at radius 3 is 2.38 bits per heavy atom. The Morgan fingerprint density at radius 2 is 1.72 bits per heavy atom. The molecule has 0 spiro atoms. The fraction of sp³-hybridized carbons (Fsp3) is 0.227. The highest BCUT2D eigenvalue weighted by Gasteiger charge is 2.34. The van der Waals surface area contributed by atoms with Crippen LogP contribution in [0.25, 0.3) is 0 Å². The molecule has 3 amide bonds. The average molecular weight is 412 g/mol. The zero-order chi connectivity index (χ0) is 20.8. The lowest BCUT2D eigenvalue weighted by atomic mass is 10.1. The van der Waals surface area contributed by atoms with Gasteiger partial charge in [0, 0.05) is 34.9 Å². The second-order valence-corrected chi connectivity index (χ2v) is 7.17. The van der Waals surface area contributed by atoms with Crippen molar-refractivity contribution in [3.8, 4) is 0 Å². The smallest absolute Gasteiger partial charge is 0.255 e. The van der Waals surface area contributed by atoms with Gasteiger partial charge in [0.2, 0.25) is 5.91 Å². The van der Waals surface area contributed by atoms with Gasteiger partial charge in [-0.2, -0.15) is 0 Å². The molecule has 2 aromatic rings. The van der Waals surface area contributed by atoms with E-state index < -0.39 is 6.04 Å². The van der Waals surface area contributed by atoms with Crippen LogP contribution in [0.3, 0.4) is 0 Å². The first-order valence-electron chi connectivity index (χ1n) is 9.36. The summed E-state index contributed by atoms with van der Waals surface area (Å²) in [6, 6.07) is 12.8. The summed E-state index contributed by atoms with van der Waals surface area (Å²) in [6.45, 7) is 4.50. The van der Waals surface area contributed by atoms with Crippen molar-refractivity contribution in [3.63, 3.8) is 0 Å². The van der Waals surface area contributed by atoms with Crippen molar-refractivity contribution < 1.29 is 14.4 Å². The first kappa shape index (κ1) is 20.6. The summed E-state index contributed by atoms with van der Waals surface area (Å²) in [6.07, 6.45) is 3.03. The number of amides is 3. The SMILES string of the molecule is C=CCNC(=O)[C@H]1CCCN1C(=O)c1ccc(NC(=O)c2ccc(Cl)cc2)cc1. The first-order valence-corrected chi connectivity index (χ1v) is 9.74. The van der Waals surface area contributed by atoms with Crippen LogP contribution >= 0.6 is 11.6 Å². The van der Waals surface area contributed by atoms with E-state index in [2.05, 4.69) is 17.2 Å². The van der Waals surface area contributed by atoms with Crippen LogP contribution in [-0.4, -0.2) is 41.8 Å². The summed E-state index contributed by atoms with van der Waals surface area (Å²) in [4.78, 5) is 39.0. The number of likely N-dealkylation sites (tertiary alicyclic amines) is 1. The van der Waals surface area contributed by atoms with Gasteiger partial charge in [0.05, 0.1) is 0 Å². The van der Waals surface area contributed by atoms with E-state index in [0.29, 0.717) is 41.3 Å². The van der Waals surface area contributed by atoms with Crippen LogP contribution in [0.5, 0.6) is 0 Å². The van der Waals surface area contributed by atoms with Crippen LogP contribution in [0.2, 0.25) is 5.02 Å². The Labute approximate surface area is 174 Å². The Hall–Kier alpha value is -3.12. The highest BCUT2D eigenvalue weighted by Crippen LogP contribution is 2.21. The van der Waals surface area contributed by atoms with E-state index in [9.17, 15) is 14.4 Å². The van der Waals surface area contributed by atoms with Crippen LogP contribution in [0, 0.1) is 0 Å². The molecule has 1 atom stereocenters. The summed E-state index contributed by atoms with van der Waals surface area (Å²) in [5.74, 6) is -0.626. The molecule has 0 unspecified atom stereocenters. The zero-order valence-electron chi connectivity index (χ0n) is 15.9. The van der Waals surface area contributed by atoms with E-state index in [1.807, 2.05) is 0 Å². The number of halogens is 1.